The summed E-state index contributed by atoms with van der Waals surface area (Å²) < 4.78 is 0. The van der Waals surface area contributed by atoms with Crippen molar-refractivity contribution in [3.63, 3.8) is 0 Å². The van der Waals surface area contributed by atoms with Gasteiger partial charge in [-0.25, -0.2) is 4.79 Å². The number of hydrogen-bond donors (Lipinski definition) is 1. The van der Waals surface area contributed by atoms with Crippen LogP contribution in [-0.2, 0) is 0 Å². The fraction of sp³-hybridized carbons (Fsp3) is 0.409. The van der Waals surface area contributed by atoms with E-state index >= 15 is 0 Å². The molecule has 0 spiro atoms. The first-order valence-electron chi connectivity index (χ1n) is 9.13. The van der Waals surface area contributed by atoms with E-state index in [2.05, 4.69) is 19.1 Å². The van der Waals surface area contributed by atoms with Crippen LogP contribution in [0.25, 0.3) is 5.57 Å². The van der Waals surface area contributed by atoms with Crippen molar-refractivity contribution in [2.45, 2.75) is 60.3 Å². The summed E-state index contributed by atoms with van der Waals surface area (Å²) in [6.07, 6.45) is 9.08. The predicted octanol–water partition coefficient (Wildman–Crippen LogP) is 6.65. The first kappa shape index (κ1) is 20.0. The summed E-state index contributed by atoms with van der Waals surface area (Å²) in [6, 6.07) is 7.20. The van der Waals surface area contributed by atoms with Crippen LogP contribution in [0.4, 0.5) is 0 Å². The second-order valence-electron chi connectivity index (χ2n) is 5.44. The zero-order valence-electron chi connectivity index (χ0n) is 15.6. The molecule has 2 aliphatic carbocycles. The van der Waals surface area contributed by atoms with Gasteiger partial charge in [0.05, 0.1) is 5.56 Å². The molecule has 2 heteroatoms. The van der Waals surface area contributed by atoms with Crippen LogP contribution >= 0.6 is 0 Å². The summed E-state index contributed by atoms with van der Waals surface area (Å²) in [6.45, 7) is 10.2. The molecule has 0 bridgehead atoms. The fourth-order valence-electron chi connectivity index (χ4n) is 2.95. The Balaban J connectivity index is 0.000000671. The second kappa shape index (κ2) is 9.92. The quantitative estimate of drug-likeness (QED) is 0.675. The van der Waals surface area contributed by atoms with Crippen molar-refractivity contribution in [2.75, 3.05) is 0 Å². The number of aromatic carboxylic acids is 1. The number of allylic oxidation sites excluding steroid dienone is 6. The maximum Gasteiger partial charge on any atom is 0.335 e. The molecular formula is C22H30O2. The molecule has 1 N–H and O–H groups in total. The highest BCUT2D eigenvalue weighted by Gasteiger charge is 2.19. The summed E-state index contributed by atoms with van der Waals surface area (Å²) in [5, 5.41) is 8.94. The van der Waals surface area contributed by atoms with Gasteiger partial charge < -0.3 is 5.11 Å². The van der Waals surface area contributed by atoms with Crippen LogP contribution in [0, 0.1) is 0 Å². The van der Waals surface area contributed by atoms with Gasteiger partial charge in [-0.1, -0.05) is 64.5 Å². The van der Waals surface area contributed by atoms with E-state index < -0.39 is 5.97 Å². The molecular weight excluding hydrogens is 296 g/mol. The maximum atomic E-state index is 10.9. The smallest absolute Gasteiger partial charge is 0.335 e. The lowest BCUT2D eigenvalue weighted by Crippen LogP contribution is -1.95. The third-order valence-electron chi connectivity index (χ3n) is 4.19. The Morgan fingerprint density at radius 3 is 2.12 bits per heavy atom. The van der Waals surface area contributed by atoms with Crippen molar-refractivity contribution in [2.24, 2.45) is 0 Å². The molecule has 0 heterocycles. The fourth-order valence-corrected chi connectivity index (χ4v) is 2.95. The van der Waals surface area contributed by atoms with Crippen molar-refractivity contribution >= 4 is 11.5 Å². The van der Waals surface area contributed by atoms with E-state index in [9.17, 15) is 4.79 Å². The van der Waals surface area contributed by atoms with Gasteiger partial charge >= 0.3 is 5.97 Å². The minimum atomic E-state index is -0.870. The molecule has 0 saturated carbocycles. The number of rotatable bonds is 3. The van der Waals surface area contributed by atoms with Gasteiger partial charge in [0, 0.05) is 0 Å². The lowest BCUT2D eigenvalue weighted by atomic mass is 9.92. The van der Waals surface area contributed by atoms with Crippen LogP contribution in [0.2, 0.25) is 0 Å². The molecule has 2 nitrogen and oxygen atoms in total. The monoisotopic (exact) mass is 326 g/mol. The Morgan fingerprint density at radius 1 is 0.958 bits per heavy atom. The van der Waals surface area contributed by atoms with Gasteiger partial charge in [0.1, 0.15) is 0 Å². The molecule has 24 heavy (non-hydrogen) atoms. The van der Waals surface area contributed by atoms with Crippen molar-refractivity contribution in [3.05, 3.63) is 64.3 Å². The van der Waals surface area contributed by atoms with Crippen LogP contribution in [-0.4, -0.2) is 11.1 Å². The van der Waals surface area contributed by atoms with Gasteiger partial charge in [0.15, 0.2) is 0 Å². The number of hydrogen-bond acceptors (Lipinski definition) is 1. The van der Waals surface area contributed by atoms with Crippen molar-refractivity contribution in [3.8, 4) is 0 Å². The highest BCUT2D eigenvalue weighted by Crippen LogP contribution is 2.39. The topological polar surface area (TPSA) is 37.3 Å². The highest BCUT2D eigenvalue weighted by molar-refractivity contribution is 5.88. The number of carbonyl (C=O) groups is 1. The van der Waals surface area contributed by atoms with Gasteiger partial charge in [-0.3, -0.25) is 0 Å². The molecule has 0 atom stereocenters. The van der Waals surface area contributed by atoms with Gasteiger partial charge in [-0.15, -0.1) is 0 Å². The molecule has 0 aliphatic heterocycles. The summed E-state index contributed by atoms with van der Waals surface area (Å²) in [7, 11) is 0. The first-order valence-corrected chi connectivity index (χ1v) is 9.13. The third kappa shape index (κ3) is 4.70. The summed E-state index contributed by atoms with van der Waals surface area (Å²) in [5.41, 5.74) is 7.24. The zero-order valence-corrected chi connectivity index (χ0v) is 15.6. The standard InChI is InChI=1S/C18H18O2.2C2H6/c1-2-12-3-4-15-10-17(11-16(15)9-12)13-5-7-14(8-6-13)18(19)20;2*1-2/h5-10H,2-4,11H2,1H3,(H,19,20);2*1-2H3. The van der Waals surface area contributed by atoms with E-state index in [0.29, 0.717) is 5.56 Å². The molecule has 0 amide bonds. The van der Waals surface area contributed by atoms with Crippen molar-refractivity contribution in [1.82, 2.24) is 0 Å². The molecule has 0 radical (unpaired) electrons. The molecule has 2 aliphatic rings. The zero-order chi connectivity index (χ0) is 18.1. The lowest BCUT2D eigenvalue weighted by Gasteiger charge is -2.13. The average Bonchev–Trinajstić information content (AvgIpc) is 3.08. The van der Waals surface area contributed by atoms with Crippen LogP contribution < -0.4 is 0 Å². The van der Waals surface area contributed by atoms with E-state index in [4.69, 9.17) is 5.11 Å². The molecule has 1 aromatic carbocycles. The molecule has 1 aromatic rings. The van der Waals surface area contributed by atoms with E-state index in [1.165, 1.54) is 23.1 Å². The van der Waals surface area contributed by atoms with Crippen LogP contribution in [0.15, 0.2) is 53.1 Å². The van der Waals surface area contributed by atoms with Crippen LogP contribution in [0.3, 0.4) is 0 Å². The van der Waals surface area contributed by atoms with Crippen molar-refractivity contribution in [1.29, 1.82) is 0 Å². The molecule has 0 unspecified atom stereocenters. The van der Waals surface area contributed by atoms with E-state index in [-0.39, 0.29) is 0 Å². The lowest BCUT2D eigenvalue weighted by molar-refractivity contribution is 0.0697. The number of carboxylic acid groups (broad SMARTS) is 1. The Bertz CT molecular complexity index is 643. The largest absolute Gasteiger partial charge is 0.478 e. The molecule has 0 fully saturated rings. The van der Waals surface area contributed by atoms with Crippen LogP contribution in [0.1, 0.15) is 76.2 Å². The Morgan fingerprint density at radius 2 is 1.58 bits per heavy atom. The van der Waals surface area contributed by atoms with Gasteiger partial charge in [-0.05, 0) is 60.1 Å². The molecule has 3 rings (SSSR count). The molecule has 0 aromatic heterocycles. The van der Waals surface area contributed by atoms with E-state index in [1.807, 2.05) is 39.8 Å². The van der Waals surface area contributed by atoms with E-state index in [0.717, 1.165) is 24.8 Å². The number of carboxylic acids is 1. The van der Waals surface area contributed by atoms with Crippen molar-refractivity contribution < 1.29 is 9.90 Å². The minimum absolute atomic E-state index is 0.346. The van der Waals surface area contributed by atoms with Crippen LogP contribution in [0.5, 0.6) is 0 Å². The predicted molar refractivity (Wildman–Crippen MR) is 103 cm³/mol. The van der Waals surface area contributed by atoms with Gasteiger partial charge in [-0.2, -0.15) is 0 Å². The summed E-state index contributed by atoms with van der Waals surface area (Å²) >= 11 is 0. The van der Waals surface area contributed by atoms with E-state index in [1.54, 1.807) is 17.7 Å². The summed E-state index contributed by atoms with van der Waals surface area (Å²) in [5.74, 6) is -0.870. The molecule has 130 valence electrons. The Hall–Kier alpha value is -2.09. The molecule has 0 saturated heterocycles. The Labute approximate surface area is 146 Å². The third-order valence-corrected chi connectivity index (χ3v) is 4.19. The Kier molecular flexibility index (Phi) is 8.25. The SMILES string of the molecule is CC.CC.CCC1=CC2=C(C=C(c3ccc(C(=O)O)cc3)C2)CC1. The minimum Gasteiger partial charge on any atom is -0.478 e. The summed E-state index contributed by atoms with van der Waals surface area (Å²) in [4.78, 5) is 10.9. The first-order chi connectivity index (χ1) is 11.7. The highest BCUT2D eigenvalue weighted by atomic mass is 16.4. The number of benzene rings is 1. The maximum absolute atomic E-state index is 10.9. The van der Waals surface area contributed by atoms with Gasteiger partial charge in [0.25, 0.3) is 0 Å². The van der Waals surface area contributed by atoms with Gasteiger partial charge in [0.2, 0.25) is 0 Å². The second-order valence-corrected chi connectivity index (χ2v) is 5.44. The normalized spacial score (nSPS) is 15.2. The average molecular weight is 326 g/mol.